The van der Waals surface area contributed by atoms with Gasteiger partial charge in [-0.3, -0.25) is 4.98 Å². The lowest BCUT2D eigenvalue weighted by Crippen LogP contribution is -2.01. The van der Waals surface area contributed by atoms with Crippen LogP contribution in [-0.4, -0.2) is 10.1 Å². The number of furan rings is 1. The molecule has 2 aromatic rings. The van der Waals surface area contributed by atoms with Crippen molar-refractivity contribution in [3.8, 4) is 0 Å². The van der Waals surface area contributed by atoms with E-state index in [9.17, 15) is 5.11 Å². The van der Waals surface area contributed by atoms with Crippen molar-refractivity contribution in [1.82, 2.24) is 4.98 Å². The second-order valence-corrected chi connectivity index (χ2v) is 4.55. The summed E-state index contributed by atoms with van der Waals surface area (Å²) in [6.07, 6.45) is 1.54. The normalized spacial score (nSPS) is 12.7. The molecule has 0 amide bonds. The maximum Gasteiger partial charge on any atom is 0.133 e. The first-order valence-corrected chi connectivity index (χ1v) is 5.79. The minimum atomic E-state index is -0.637. The van der Waals surface area contributed by atoms with Gasteiger partial charge in [0.05, 0.1) is 0 Å². The third-order valence-corrected chi connectivity index (χ3v) is 2.75. The molecule has 2 aromatic heterocycles. The molecule has 0 aromatic carbocycles. The molecule has 1 N–H and O–H groups in total. The van der Waals surface area contributed by atoms with Gasteiger partial charge < -0.3 is 9.52 Å². The van der Waals surface area contributed by atoms with Crippen LogP contribution in [0.4, 0.5) is 0 Å². The van der Waals surface area contributed by atoms with Crippen LogP contribution in [0.3, 0.4) is 0 Å². The minimum Gasteiger partial charge on any atom is -0.464 e. The highest BCUT2D eigenvalue weighted by Gasteiger charge is 2.12. The highest BCUT2D eigenvalue weighted by Crippen LogP contribution is 2.20. The molecule has 2 heterocycles. The van der Waals surface area contributed by atoms with Gasteiger partial charge in [0.1, 0.15) is 17.6 Å². The summed E-state index contributed by atoms with van der Waals surface area (Å²) in [6, 6.07) is 7.41. The fraction of sp³-hybridized carbons (Fsp3) is 0.250. The number of aliphatic hydroxyl groups excluding tert-OH is 1. The van der Waals surface area contributed by atoms with Crippen LogP contribution in [-0.2, 0) is 6.42 Å². The highest BCUT2D eigenvalue weighted by molar-refractivity contribution is 9.10. The van der Waals surface area contributed by atoms with Gasteiger partial charge in [-0.25, -0.2) is 0 Å². The number of halogens is 1. The van der Waals surface area contributed by atoms with Gasteiger partial charge in [-0.1, -0.05) is 0 Å². The summed E-state index contributed by atoms with van der Waals surface area (Å²) in [5.41, 5.74) is 0.838. The van der Waals surface area contributed by atoms with Crippen LogP contribution < -0.4 is 0 Å². The lowest BCUT2D eigenvalue weighted by Gasteiger charge is -2.06. The van der Waals surface area contributed by atoms with Crippen LogP contribution in [0, 0.1) is 6.92 Å². The number of nitrogens with zero attached hydrogens (tertiary/aromatic N) is 1. The Bertz CT molecular complexity index is 464. The second-order valence-electron chi connectivity index (χ2n) is 3.64. The average Bonchev–Trinajstić information content (AvgIpc) is 2.68. The molecule has 0 radical (unpaired) electrons. The zero-order chi connectivity index (χ0) is 11.5. The van der Waals surface area contributed by atoms with E-state index in [4.69, 9.17) is 4.42 Å². The fourth-order valence-corrected chi connectivity index (χ4v) is 1.69. The predicted octanol–water partition coefficient (Wildman–Crippen LogP) is 3.02. The van der Waals surface area contributed by atoms with Crippen molar-refractivity contribution in [3.05, 3.63) is 52.1 Å². The SMILES string of the molecule is Cc1ccc(C(O)Cc2ccc(Br)cn2)o1. The van der Waals surface area contributed by atoms with Gasteiger partial charge in [-0.15, -0.1) is 0 Å². The fourth-order valence-electron chi connectivity index (χ4n) is 1.46. The first kappa shape index (κ1) is 11.4. The Balaban J connectivity index is 2.07. The molecule has 4 heteroatoms. The van der Waals surface area contributed by atoms with Gasteiger partial charge in [0.2, 0.25) is 0 Å². The summed E-state index contributed by atoms with van der Waals surface area (Å²) in [5, 5.41) is 9.91. The Morgan fingerprint density at radius 3 is 2.75 bits per heavy atom. The Hall–Kier alpha value is -1.13. The lowest BCUT2D eigenvalue weighted by molar-refractivity contribution is 0.147. The number of aryl methyl sites for hydroxylation is 1. The first-order chi connectivity index (χ1) is 7.65. The van der Waals surface area contributed by atoms with Gasteiger partial charge in [-0.2, -0.15) is 0 Å². The van der Waals surface area contributed by atoms with Crippen LogP contribution >= 0.6 is 15.9 Å². The number of aromatic nitrogens is 1. The summed E-state index contributed by atoms with van der Waals surface area (Å²) < 4.78 is 6.28. The molecule has 0 saturated heterocycles. The maximum atomic E-state index is 9.91. The van der Waals surface area contributed by atoms with Gasteiger partial charge in [0, 0.05) is 22.8 Å². The Morgan fingerprint density at radius 2 is 2.19 bits per heavy atom. The third kappa shape index (κ3) is 2.71. The number of pyridine rings is 1. The van der Waals surface area contributed by atoms with Crippen molar-refractivity contribution in [1.29, 1.82) is 0 Å². The summed E-state index contributed by atoms with van der Waals surface area (Å²) in [4.78, 5) is 4.20. The quantitative estimate of drug-likeness (QED) is 0.941. The third-order valence-electron chi connectivity index (χ3n) is 2.28. The van der Waals surface area contributed by atoms with E-state index < -0.39 is 6.10 Å². The monoisotopic (exact) mass is 281 g/mol. The number of rotatable bonds is 3. The minimum absolute atomic E-state index is 0.459. The molecule has 1 atom stereocenters. The van der Waals surface area contributed by atoms with E-state index in [2.05, 4.69) is 20.9 Å². The van der Waals surface area contributed by atoms with Gasteiger partial charge in [-0.05, 0) is 47.1 Å². The van der Waals surface area contributed by atoms with Gasteiger partial charge >= 0.3 is 0 Å². The molecule has 84 valence electrons. The predicted molar refractivity (Wildman–Crippen MR) is 64.0 cm³/mol. The molecule has 16 heavy (non-hydrogen) atoms. The highest BCUT2D eigenvalue weighted by atomic mass is 79.9. The lowest BCUT2D eigenvalue weighted by atomic mass is 10.1. The van der Waals surface area contributed by atoms with E-state index in [0.29, 0.717) is 12.2 Å². The summed E-state index contributed by atoms with van der Waals surface area (Å²) >= 11 is 3.32. The molecule has 0 bridgehead atoms. The van der Waals surface area contributed by atoms with Crippen molar-refractivity contribution in [2.75, 3.05) is 0 Å². The molecule has 2 rings (SSSR count). The number of hydrogen-bond acceptors (Lipinski definition) is 3. The average molecular weight is 282 g/mol. The van der Waals surface area contributed by atoms with Crippen LogP contribution in [0.1, 0.15) is 23.3 Å². The van der Waals surface area contributed by atoms with Gasteiger partial charge in [0.15, 0.2) is 0 Å². The molecule has 0 spiro atoms. The largest absolute Gasteiger partial charge is 0.464 e. The standard InChI is InChI=1S/C12H12BrNO2/c1-8-2-5-12(16-8)11(15)6-10-4-3-9(13)7-14-10/h2-5,7,11,15H,6H2,1H3. The van der Waals surface area contributed by atoms with E-state index in [1.54, 1.807) is 12.3 Å². The maximum absolute atomic E-state index is 9.91. The molecule has 0 saturated carbocycles. The summed E-state index contributed by atoms with van der Waals surface area (Å²) in [5.74, 6) is 1.39. The van der Waals surface area contributed by atoms with Crippen molar-refractivity contribution >= 4 is 15.9 Å². The molecule has 3 nitrogen and oxygen atoms in total. The topological polar surface area (TPSA) is 46.3 Å². The van der Waals surface area contributed by atoms with Crippen LogP contribution in [0.25, 0.3) is 0 Å². The first-order valence-electron chi connectivity index (χ1n) is 5.00. The van der Waals surface area contributed by atoms with Gasteiger partial charge in [0.25, 0.3) is 0 Å². The van der Waals surface area contributed by atoms with E-state index in [1.165, 1.54) is 0 Å². The Morgan fingerprint density at radius 1 is 1.38 bits per heavy atom. The number of hydrogen-bond donors (Lipinski definition) is 1. The van der Waals surface area contributed by atoms with Crippen molar-refractivity contribution in [3.63, 3.8) is 0 Å². The van der Waals surface area contributed by atoms with E-state index in [0.717, 1.165) is 15.9 Å². The smallest absolute Gasteiger partial charge is 0.133 e. The second kappa shape index (κ2) is 4.80. The zero-order valence-electron chi connectivity index (χ0n) is 8.85. The molecular weight excluding hydrogens is 270 g/mol. The van der Waals surface area contributed by atoms with Crippen molar-refractivity contribution in [2.24, 2.45) is 0 Å². The van der Waals surface area contributed by atoms with Crippen LogP contribution in [0.15, 0.2) is 39.4 Å². The van der Waals surface area contributed by atoms with Crippen LogP contribution in [0.2, 0.25) is 0 Å². The number of aliphatic hydroxyl groups is 1. The van der Waals surface area contributed by atoms with Crippen LogP contribution in [0.5, 0.6) is 0 Å². The van der Waals surface area contributed by atoms with Crippen molar-refractivity contribution in [2.45, 2.75) is 19.4 Å². The summed E-state index contributed by atoms with van der Waals surface area (Å²) in [6.45, 7) is 1.86. The Labute approximate surface area is 102 Å². The van der Waals surface area contributed by atoms with E-state index >= 15 is 0 Å². The molecule has 0 fully saturated rings. The molecule has 1 unspecified atom stereocenters. The Kier molecular flexibility index (Phi) is 3.41. The molecule has 0 aliphatic heterocycles. The van der Waals surface area contributed by atoms with E-state index in [1.807, 2.05) is 25.1 Å². The molecular formula is C12H12BrNO2. The van der Waals surface area contributed by atoms with Crippen molar-refractivity contribution < 1.29 is 9.52 Å². The molecule has 0 aliphatic rings. The zero-order valence-corrected chi connectivity index (χ0v) is 10.4. The molecule has 0 aliphatic carbocycles. The summed E-state index contributed by atoms with van der Waals surface area (Å²) in [7, 11) is 0. The van der Waals surface area contributed by atoms with E-state index in [-0.39, 0.29) is 0 Å².